The third kappa shape index (κ3) is 3.74. The van der Waals surface area contributed by atoms with E-state index in [9.17, 15) is 29.8 Å². The highest BCUT2D eigenvalue weighted by molar-refractivity contribution is 6.04. The van der Waals surface area contributed by atoms with Gasteiger partial charge in [-0.05, 0) is 29.8 Å². The van der Waals surface area contributed by atoms with Gasteiger partial charge in [-0.15, -0.1) is 0 Å². The first-order chi connectivity index (χ1) is 13.7. The van der Waals surface area contributed by atoms with Gasteiger partial charge in [-0.2, -0.15) is 0 Å². The Morgan fingerprint density at radius 2 is 1.59 bits per heavy atom. The van der Waals surface area contributed by atoms with Crippen LogP contribution in [0.25, 0.3) is 17.1 Å². The van der Waals surface area contributed by atoms with E-state index in [0.717, 1.165) is 6.08 Å². The van der Waals surface area contributed by atoms with Crippen LogP contribution in [0.4, 0.5) is 17.1 Å². The van der Waals surface area contributed by atoms with Crippen molar-refractivity contribution in [3.05, 3.63) is 78.8 Å². The molecule has 0 saturated carbocycles. The van der Waals surface area contributed by atoms with E-state index in [2.05, 4.69) is 5.32 Å². The van der Waals surface area contributed by atoms with Crippen molar-refractivity contribution in [1.29, 1.82) is 0 Å². The Hall–Kier alpha value is -4.28. The molecule has 0 unspecified atom stereocenters. The number of nitro groups is 2. The predicted octanol–water partition coefficient (Wildman–Crippen LogP) is 2.35. The summed E-state index contributed by atoms with van der Waals surface area (Å²) < 4.78 is 2.60. The van der Waals surface area contributed by atoms with Gasteiger partial charge in [0.15, 0.2) is 0 Å². The topological polar surface area (TPSA) is 142 Å². The number of rotatable bonds is 5. The van der Waals surface area contributed by atoms with E-state index in [-0.39, 0.29) is 22.8 Å². The number of nitro benzene ring substituents is 2. The summed E-state index contributed by atoms with van der Waals surface area (Å²) in [6, 6.07) is 8.13. The predicted molar refractivity (Wildman–Crippen MR) is 106 cm³/mol. The van der Waals surface area contributed by atoms with Gasteiger partial charge in [0.05, 0.1) is 20.9 Å². The number of carbonyl (C=O) groups excluding carboxylic acids is 1. The van der Waals surface area contributed by atoms with Crippen LogP contribution >= 0.6 is 0 Å². The van der Waals surface area contributed by atoms with Gasteiger partial charge in [0.2, 0.25) is 5.91 Å². The van der Waals surface area contributed by atoms with Crippen LogP contribution < -0.4 is 11.0 Å². The normalized spacial score (nSPS) is 11.1. The van der Waals surface area contributed by atoms with Crippen LogP contribution in [0.15, 0.2) is 47.3 Å². The number of aryl methyl sites for hydroxylation is 2. The number of hydrogen-bond donors (Lipinski definition) is 1. The van der Waals surface area contributed by atoms with E-state index in [4.69, 9.17) is 0 Å². The molecule has 0 radical (unpaired) electrons. The van der Waals surface area contributed by atoms with Gasteiger partial charge in [0, 0.05) is 38.4 Å². The third-order valence-corrected chi connectivity index (χ3v) is 4.38. The summed E-state index contributed by atoms with van der Waals surface area (Å²) in [4.78, 5) is 45.1. The second-order valence-corrected chi connectivity index (χ2v) is 6.19. The van der Waals surface area contributed by atoms with Crippen molar-refractivity contribution in [1.82, 2.24) is 9.13 Å². The fourth-order valence-electron chi connectivity index (χ4n) is 2.84. The third-order valence-electron chi connectivity index (χ3n) is 4.38. The van der Waals surface area contributed by atoms with Crippen molar-refractivity contribution in [2.45, 2.75) is 0 Å². The van der Waals surface area contributed by atoms with Crippen molar-refractivity contribution in [3.63, 3.8) is 0 Å². The number of non-ortho nitro benzene ring substituents is 1. The van der Waals surface area contributed by atoms with Crippen LogP contribution in [0.3, 0.4) is 0 Å². The number of hydrogen-bond acceptors (Lipinski definition) is 6. The SMILES string of the molecule is Cn1c(=O)n(C)c2cc([N+](=O)[O-])c(NC(=O)/C=C/c3ccc([N+](=O)[O-])cc3)cc21. The minimum atomic E-state index is -0.646. The van der Waals surface area contributed by atoms with Crippen LogP contribution in [0.5, 0.6) is 0 Å². The first-order valence-electron chi connectivity index (χ1n) is 8.26. The minimum Gasteiger partial charge on any atom is -0.317 e. The molecule has 3 aromatic rings. The molecule has 11 nitrogen and oxygen atoms in total. The smallest absolute Gasteiger partial charge is 0.317 e. The van der Waals surface area contributed by atoms with E-state index >= 15 is 0 Å². The van der Waals surface area contributed by atoms with Crippen LogP contribution in [0.1, 0.15) is 5.56 Å². The molecular formula is C18H15N5O6. The van der Waals surface area contributed by atoms with Gasteiger partial charge >= 0.3 is 5.69 Å². The monoisotopic (exact) mass is 397 g/mol. The Kier molecular flexibility index (Phi) is 4.96. The molecule has 0 spiro atoms. The van der Waals surface area contributed by atoms with Gasteiger partial charge in [0.25, 0.3) is 11.4 Å². The Balaban J connectivity index is 1.90. The second-order valence-electron chi connectivity index (χ2n) is 6.19. The molecule has 2 aromatic carbocycles. The fourth-order valence-corrected chi connectivity index (χ4v) is 2.84. The first kappa shape index (κ1) is 19.5. The lowest BCUT2D eigenvalue weighted by Crippen LogP contribution is -2.19. The Labute approximate surface area is 162 Å². The molecule has 11 heteroatoms. The number of imidazole rings is 1. The molecule has 0 saturated heterocycles. The summed E-state index contributed by atoms with van der Waals surface area (Å²) in [7, 11) is 3.02. The number of benzene rings is 2. The molecule has 148 valence electrons. The summed E-state index contributed by atoms with van der Waals surface area (Å²) in [5, 5.41) is 24.5. The van der Waals surface area contributed by atoms with Gasteiger partial charge in [0.1, 0.15) is 5.69 Å². The number of carbonyl (C=O) groups is 1. The van der Waals surface area contributed by atoms with E-state index in [1.54, 1.807) is 0 Å². The van der Waals surface area contributed by atoms with Crippen molar-refractivity contribution < 1.29 is 14.6 Å². The average Bonchev–Trinajstić information content (AvgIpc) is 2.89. The van der Waals surface area contributed by atoms with Crippen LogP contribution in [0, 0.1) is 20.2 Å². The van der Waals surface area contributed by atoms with Gasteiger partial charge in [-0.25, -0.2) is 4.79 Å². The second kappa shape index (κ2) is 7.38. The lowest BCUT2D eigenvalue weighted by atomic mass is 10.2. The maximum absolute atomic E-state index is 12.2. The molecule has 1 N–H and O–H groups in total. The lowest BCUT2D eigenvalue weighted by molar-refractivity contribution is -0.384. The van der Waals surface area contributed by atoms with Crippen molar-refractivity contribution in [2.24, 2.45) is 14.1 Å². The molecule has 1 heterocycles. The number of fused-ring (bicyclic) bond motifs is 1. The maximum Gasteiger partial charge on any atom is 0.328 e. The standard InChI is InChI=1S/C18H15N5O6/c1-20-15-9-13(14(23(28)29)10-16(15)21(2)18(20)25)19-17(24)8-5-11-3-6-12(7-4-11)22(26)27/h3-10H,1-2H3,(H,19,24)/b8-5+. The Bertz CT molecular complexity index is 1240. The highest BCUT2D eigenvalue weighted by Crippen LogP contribution is 2.29. The summed E-state index contributed by atoms with van der Waals surface area (Å²) in [6.45, 7) is 0. The quantitative estimate of drug-likeness (QED) is 0.398. The van der Waals surface area contributed by atoms with E-state index < -0.39 is 15.8 Å². The molecule has 0 aliphatic carbocycles. The van der Waals surface area contributed by atoms with Gasteiger partial charge < -0.3 is 5.32 Å². The molecule has 0 fully saturated rings. The minimum absolute atomic E-state index is 0.0537. The van der Waals surface area contributed by atoms with Crippen molar-refractivity contribution >= 4 is 40.1 Å². The molecule has 0 aliphatic rings. The summed E-state index contributed by atoms with van der Waals surface area (Å²) in [6.07, 6.45) is 2.57. The van der Waals surface area contributed by atoms with Crippen LogP contribution in [-0.4, -0.2) is 24.9 Å². The summed E-state index contributed by atoms with van der Waals surface area (Å²) in [5.74, 6) is -0.633. The Morgan fingerprint density at radius 3 is 2.14 bits per heavy atom. The van der Waals surface area contributed by atoms with Gasteiger partial charge in [-0.3, -0.25) is 34.2 Å². The molecular weight excluding hydrogens is 382 g/mol. The van der Waals surface area contributed by atoms with Gasteiger partial charge in [-0.1, -0.05) is 0 Å². The molecule has 29 heavy (non-hydrogen) atoms. The summed E-state index contributed by atoms with van der Waals surface area (Å²) >= 11 is 0. The molecule has 3 rings (SSSR count). The van der Waals surface area contributed by atoms with Crippen molar-refractivity contribution in [2.75, 3.05) is 5.32 Å². The highest BCUT2D eigenvalue weighted by atomic mass is 16.6. The highest BCUT2D eigenvalue weighted by Gasteiger charge is 2.20. The van der Waals surface area contributed by atoms with E-state index in [1.807, 2.05) is 0 Å². The zero-order valence-corrected chi connectivity index (χ0v) is 15.4. The number of aromatic nitrogens is 2. The number of anilines is 1. The Morgan fingerprint density at radius 1 is 1.00 bits per heavy atom. The maximum atomic E-state index is 12.2. The van der Waals surface area contributed by atoms with Crippen molar-refractivity contribution in [3.8, 4) is 0 Å². The largest absolute Gasteiger partial charge is 0.328 e. The number of amides is 1. The van der Waals surface area contributed by atoms with E-state index in [0.29, 0.717) is 16.6 Å². The number of nitrogens with zero attached hydrogens (tertiary/aromatic N) is 4. The molecule has 1 aromatic heterocycles. The van der Waals surface area contributed by atoms with E-state index in [1.165, 1.54) is 65.7 Å². The fraction of sp³-hybridized carbons (Fsp3) is 0.111. The molecule has 0 atom stereocenters. The zero-order valence-electron chi connectivity index (χ0n) is 15.4. The average molecular weight is 397 g/mol. The lowest BCUT2D eigenvalue weighted by Gasteiger charge is -2.05. The van der Waals surface area contributed by atoms with Crippen LogP contribution in [-0.2, 0) is 18.9 Å². The first-order valence-corrected chi connectivity index (χ1v) is 8.26. The summed E-state index contributed by atoms with van der Waals surface area (Å²) in [5.41, 5.74) is 0.500. The van der Waals surface area contributed by atoms with Crippen LogP contribution in [0.2, 0.25) is 0 Å². The molecule has 1 amide bonds. The molecule has 0 bridgehead atoms. The molecule has 0 aliphatic heterocycles. The number of nitrogens with one attached hydrogen (secondary N) is 1. The zero-order chi connectivity index (χ0) is 21.3.